The number of hydrogen-bond donors (Lipinski definition) is 4. The molecule has 0 aliphatic carbocycles. The SMILES string of the molecule is CCC(C)[C@@H]([C@@H](CC(=O)N1CCC[C@H]1[C@H](OC)[C@@H](C)CNC(Cc1ccccc1)C(=O)OC)OC)N(C)C(=O)[C@@H](CC(=O)[C@H](C(C)C)N(C)C(=O)CCCCC(=O)[C@@H](CCCNC(N)=O)NC(=O)[C@H](CC(=O)CCCN=[N+]=[N-])C(C)C)C(C)C. The molecule has 22 heteroatoms. The highest BCUT2D eigenvalue weighted by atomic mass is 16.5. The maximum atomic E-state index is 14.9. The van der Waals surface area contributed by atoms with Crippen molar-refractivity contribution in [1.29, 1.82) is 0 Å². The third kappa shape index (κ3) is 24.2. The normalized spacial score (nSPS) is 16.9. The van der Waals surface area contributed by atoms with Gasteiger partial charge in [0.2, 0.25) is 23.6 Å². The molecule has 0 spiro atoms. The van der Waals surface area contributed by atoms with Crippen LogP contribution >= 0.6 is 0 Å². The van der Waals surface area contributed by atoms with Crippen LogP contribution in [0.25, 0.3) is 10.4 Å². The molecule has 2 unspecified atom stereocenters. The van der Waals surface area contributed by atoms with Crippen molar-refractivity contribution < 1.29 is 57.4 Å². The predicted molar refractivity (Wildman–Crippen MR) is 323 cm³/mol. The first-order chi connectivity index (χ1) is 39.8. The minimum Gasteiger partial charge on any atom is -0.468 e. The summed E-state index contributed by atoms with van der Waals surface area (Å²) in [5.74, 6) is -4.64. The molecule has 1 fully saturated rings. The monoisotopic (exact) mass is 1180 g/mol. The number of rotatable bonds is 42. The number of methoxy groups -OCH3 is 3. The van der Waals surface area contributed by atoms with Gasteiger partial charge >= 0.3 is 12.0 Å². The zero-order valence-electron chi connectivity index (χ0n) is 53.1. The Morgan fingerprint density at radius 1 is 0.774 bits per heavy atom. The third-order valence-corrected chi connectivity index (χ3v) is 16.8. The van der Waals surface area contributed by atoms with E-state index >= 15 is 0 Å². The van der Waals surface area contributed by atoms with Crippen molar-refractivity contribution in [3.63, 3.8) is 0 Å². The van der Waals surface area contributed by atoms with E-state index in [1.807, 2.05) is 97.5 Å². The average molecular weight is 1180 g/mol. The number of benzene rings is 1. The van der Waals surface area contributed by atoms with Gasteiger partial charge in [-0.05, 0) is 92.1 Å². The Bertz CT molecular complexity index is 2300. The number of nitrogens with zero attached hydrogens (tertiary/aromatic N) is 6. The van der Waals surface area contributed by atoms with E-state index in [2.05, 4.69) is 26.0 Å². The molecule has 22 nitrogen and oxygen atoms in total. The van der Waals surface area contributed by atoms with Gasteiger partial charge in [-0.2, -0.15) is 0 Å². The maximum absolute atomic E-state index is 14.9. The lowest BCUT2D eigenvalue weighted by Gasteiger charge is -2.41. The van der Waals surface area contributed by atoms with Crippen LogP contribution in [-0.2, 0) is 59.0 Å². The number of urea groups is 1. The summed E-state index contributed by atoms with van der Waals surface area (Å²) in [5, 5.41) is 12.2. The van der Waals surface area contributed by atoms with Crippen LogP contribution in [0.1, 0.15) is 158 Å². The van der Waals surface area contributed by atoms with Crippen LogP contribution in [0.4, 0.5) is 4.79 Å². The summed E-state index contributed by atoms with van der Waals surface area (Å²) in [6.07, 6.45) is 3.16. The molecule has 0 aromatic heterocycles. The molecular weight excluding hydrogens is 1080 g/mol. The van der Waals surface area contributed by atoms with Crippen molar-refractivity contribution in [3.8, 4) is 0 Å². The van der Waals surface area contributed by atoms with E-state index < -0.39 is 54.0 Å². The van der Waals surface area contributed by atoms with Gasteiger partial charge in [-0.15, -0.1) is 0 Å². The zero-order chi connectivity index (χ0) is 63.2. The van der Waals surface area contributed by atoms with E-state index in [4.69, 9.17) is 25.5 Å². The first-order valence-corrected chi connectivity index (χ1v) is 30.4. The Hall–Kier alpha value is -5.96. The second kappa shape index (κ2) is 38.9. The molecule has 2 rings (SSSR count). The largest absolute Gasteiger partial charge is 0.468 e. The number of nitrogens with two attached hydrogens (primary N) is 1. The first kappa shape index (κ1) is 74.1. The highest BCUT2D eigenvalue weighted by Gasteiger charge is 2.43. The number of Topliss-reactive ketones (excluding diaryl/α,β-unsaturated/α-hetero) is 3. The van der Waals surface area contributed by atoms with E-state index in [0.717, 1.165) is 18.4 Å². The molecule has 1 aromatic carbocycles. The minimum atomic E-state index is -0.920. The number of nitrogens with one attached hydrogen (secondary N) is 3. The molecule has 11 atom stereocenters. The molecular formula is C62H104N10O12. The molecule has 1 aliphatic heterocycles. The standard InChI is InChI=1S/C62H104N10O12/c1-15-42(8)57(53(82-12)37-55(77)72-33-23-28-50(72)58(83-13)43(9)38-66-49(61(80)84-14)34-44-24-17-16-18-25-44)71(11)60(79)47(40(4)5)36-52(75)56(41(6)7)70(10)54(76)30-20-19-29-51(74)48(27-22-31-65-62(63)81)68-59(78)46(39(2)3)35-45(73)26-21-32-67-69-64/h16-18,24-25,39-43,46-50,53,56-58,66H,15,19-23,26-38H2,1-14H3,(H,68,78)(H3,63,65,81)/t42?,43-,46+,47-,48+,49?,50-,53+,56-,57-,58+/m0/s1. The van der Waals surface area contributed by atoms with Crippen LogP contribution in [-0.4, -0.2) is 172 Å². The van der Waals surface area contributed by atoms with Crippen LogP contribution in [0, 0.1) is 41.4 Å². The minimum absolute atomic E-state index is 0.00497. The number of hydrogen-bond acceptors (Lipinski definition) is 14. The second-order valence-electron chi connectivity index (χ2n) is 24.0. The van der Waals surface area contributed by atoms with E-state index in [1.54, 1.807) is 33.2 Å². The van der Waals surface area contributed by atoms with Crippen molar-refractivity contribution in [2.24, 2.45) is 52.3 Å². The van der Waals surface area contributed by atoms with Gasteiger partial charge in [0.25, 0.3) is 0 Å². The van der Waals surface area contributed by atoms with Crippen LogP contribution in [0.2, 0.25) is 0 Å². The Kier molecular flexibility index (Phi) is 34.3. The number of likely N-dealkylation sites (N-methyl/N-ethyl adjacent to an activating group) is 2. The lowest BCUT2D eigenvalue weighted by Crippen LogP contribution is -2.54. The number of primary amides is 1. The molecule has 1 saturated heterocycles. The molecule has 474 valence electrons. The first-order valence-electron chi connectivity index (χ1n) is 30.4. The molecule has 1 heterocycles. The molecule has 0 radical (unpaired) electrons. The lowest BCUT2D eigenvalue weighted by atomic mass is 9.83. The van der Waals surface area contributed by atoms with Gasteiger partial charge in [-0.3, -0.25) is 38.4 Å². The number of amides is 6. The van der Waals surface area contributed by atoms with Crippen molar-refractivity contribution in [2.45, 2.75) is 201 Å². The molecule has 0 saturated carbocycles. The van der Waals surface area contributed by atoms with E-state index in [1.165, 1.54) is 12.0 Å². The summed E-state index contributed by atoms with van der Waals surface area (Å²) >= 11 is 0. The third-order valence-electron chi connectivity index (χ3n) is 16.8. The van der Waals surface area contributed by atoms with Crippen LogP contribution in [0.15, 0.2) is 35.4 Å². The predicted octanol–water partition coefficient (Wildman–Crippen LogP) is 7.38. The Labute approximate surface area is 500 Å². The summed E-state index contributed by atoms with van der Waals surface area (Å²) in [6, 6.07) is 5.89. The Morgan fingerprint density at radius 3 is 2.00 bits per heavy atom. The molecule has 1 aliphatic rings. The summed E-state index contributed by atoms with van der Waals surface area (Å²) in [5.41, 5.74) is 14.8. The number of unbranched alkanes of at least 4 members (excludes halogenated alkanes) is 1. The van der Waals surface area contributed by atoms with Crippen LogP contribution in [0.3, 0.4) is 0 Å². The molecule has 5 N–H and O–H groups in total. The lowest BCUT2D eigenvalue weighted by molar-refractivity contribution is -0.149. The number of esters is 1. The smallest absolute Gasteiger partial charge is 0.323 e. The van der Waals surface area contributed by atoms with Crippen molar-refractivity contribution in [3.05, 3.63) is 46.3 Å². The summed E-state index contributed by atoms with van der Waals surface area (Å²) in [7, 11) is 7.87. The average Bonchev–Trinajstić information content (AvgIpc) is 3.81. The quantitative estimate of drug-likeness (QED) is 0.0164. The molecule has 6 amide bonds. The van der Waals surface area contributed by atoms with Crippen LogP contribution < -0.4 is 21.7 Å². The Balaban J connectivity index is 2.19. The maximum Gasteiger partial charge on any atom is 0.323 e. The number of carbonyl (C=O) groups is 9. The van der Waals surface area contributed by atoms with Gasteiger partial charge in [-0.1, -0.05) is 104 Å². The number of ketones is 3. The number of ether oxygens (including phenoxy) is 3. The number of carbonyl (C=O) groups excluding carboxylic acids is 9. The van der Waals surface area contributed by atoms with Gasteiger partial charge in [0.05, 0.1) is 49.9 Å². The fraction of sp³-hybridized carbons (Fsp3) is 0.758. The highest BCUT2D eigenvalue weighted by Crippen LogP contribution is 2.31. The van der Waals surface area contributed by atoms with Gasteiger partial charge in [-0.25, -0.2) is 4.79 Å². The van der Waals surface area contributed by atoms with E-state index in [0.29, 0.717) is 51.6 Å². The summed E-state index contributed by atoms with van der Waals surface area (Å²) in [6.45, 7) is 18.5. The molecule has 1 aromatic rings. The van der Waals surface area contributed by atoms with Gasteiger partial charge < -0.3 is 50.6 Å². The Morgan fingerprint density at radius 2 is 1.43 bits per heavy atom. The highest BCUT2D eigenvalue weighted by molar-refractivity contribution is 5.94. The topological polar surface area (TPSA) is 302 Å². The van der Waals surface area contributed by atoms with Gasteiger partial charge in [0.1, 0.15) is 11.8 Å². The van der Waals surface area contributed by atoms with Crippen molar-refractivity contribution in [2.75, 3.05) is 61.6 Å². The zero-order valence-corrected chi connectivity index (χ0v) is 53.1. The summed E-state index contributed by atoms with van der Waals surface area (Å²) < 4.78 is 17.4. The van der Waals surface area contributed by atoms with E-state index in [9.17, 15) is 43.2 Å². The van der Waals surface area contributed by atoms with Gasteiger partial charge in [0.15, 0.2) is 11.6 Å². The number of azide groups is 1. The van der Waals surface area contributed by atoms with Gasteiger partial charge in [0, 0.05) is 103 Å². The fourth-order valence-electron chi connectivity index (χ4n) is 11.7. The molecule has 84 heavy (non-hydrogen) atoms. The second-order valence-corrected chi connectivity index (χ2v) is 24.0. The van der Waals surface area contributed by atoms with E-state index in [-0.39, 0.29) is 141 Å². The molecule has 0 bridgehead atoms. The van der Waals surface area contributed by atoms with Crippen molar-refractivity contribution in [1.82, 2.24) is 30.7 Å². The number of likely N-dealkylation sites (tertiary alicyclic amines) is 1. The fourth-order valence-corrected chi connectivity index (χ4v) is 11.7. The van der Waals surface area contributed by atoms with Crippen LogP contribution in [0.5, 0.6) is 0 Å². The van der Waals surface area contributed by atoms with Crippen molar-refractivity contribution >= 4 is 53.0 Å². The summed E-state index contributed by atoms with van der Waals surface area (Å²) in [4.78, 5) is 130.